The Hall–Kier alpha value is -3.25. The van der Waals surface area contributed by atoms with Gasteiger partial charge in [0.05, 0.1) is 57.8 Å². The number of anilines is 2. The monoisotopic (exact) mass is 528 g/mol. The number of nitro groups is 1. The zero-order chi connectivity index (χ0) is 26.6. The summed E-state index contributed by atoms with van der Waals surface area (Å²) in [5, 5.41) is 10.9. The van der Waals surface area contributed by atoms with Gasteiger partial charge in [-0.3, -0.25) is 14.9 Å². The molecule has 2 aromatic carbocycles. The molecule has 0 aliphatic carbocycles. The van der Waals surface area contributed by atoms with Crippen molar-refractivity contribution in [2.24, 2.45) is 0 Å². The molecule has 2 heterocycles. The lowest BCUT2D eigenvalue weighted by molar-refractivity contribution is -0.384. The van der Waals surface area contributed by atoms with Crippen molar-refractivity contribution in [3.8, 4) is 0 Å². The quantitative estimate of drug-likeness (QED) is 0.437. The highest BCUT2D eigenvalue weighted by Crippen LogP contribution is 2.23. The summed E-state index contributed by atoms with van der Waals surface area (Å²) in [7, 11) is 0. The van der Waals surface area contributed by atoms with Crippen molar-refractivity contribution in [1.82, 2.24) is 4.90 Å². The molecule has 2 saturated heterocycles. The first kappa shape index (κ1) is 27.8. The van der Waals surface area contributed by atoms with E-state index in [2.05, 4.69) is 34.1 Å². The minimum absolute atomic E-state index is 0.0203. The number of benzene rings is 2. The van der Waals surface area contributed by atoms with Gasteiger partial charge in [-0.1, -0.05) is 0 Å². The summed E-state index contributed by atoms with van der Waals surface area (Å²) >= 11 is 0. The second kappa shape index (κ2) is 14.6. The molecule has 2 aliphatic rings. The molecule has 0 unspecified atom stereocenters. The Balaban J connectivity index is 1.29. The van der Waals surface area contributed by atoms with Crippen LogP contribution in [0.5, 0.6) is 0 Å². The normalized spacial score (nSPS) is 18.9. The van der Waals surface area contributed by atoms with E-state index in [0.29, 0.717) is 84.6 Å². The van der Waals surface area contributed by atoms with Gasteiger partial charge in [0.2, 0.25) is 0 Å². The van der Waals surface area contributed by atoms with Crippen molar-refractivity contribution in [3.05, 3.63) is 64.2 Å². The molecule has 2 aliphatic heterocycles. The smallest absolute Gasteiger partial charge is 0.269 e. The first-order valence-electron chi connectivity index (χ1n) is 13.1. The average molecular weight is 529 g/mol. The fourth-order valence-corrected chi connectivity index (χ4v) is 4.43. The van der Waals surface area contributed by atoms with E-state index in [1.807, 2.05) is 0 Å². The molecule has 0 saturated carbocycles. The summed E-state index contributed by atoms with van der Waals surface area (Å²) in [6.07, 6.45) is 0. The maximum atomic E-state index is 12.8. The van der Waals surface area contributed by atoms with Crippen molar-refractivity contribution in [2.75, 3.05) is 102 Å². The van der Waals surface area contributed by atoms with Gasteiger partial charge in [0.15, 0.2) is 0 Å². The van der Waals surface area contributed by atoms with Gasteiger partial charge in [-0.05, 0) is 36.4 Å². The van der Waals surface area contributed by atoms with Gasteiger partial charge in [-0.15, -0.1) is 0 Å². The van der Waals surface area contributed by atoms with E-state index in [0.717, 1.165) is 24.5 Å². The van der Waals surface area contributed by atoms with Gasteiger partial charge < -0.3 is 33.6 Å². The molecular weight excluding hydrogens is 492 g/mol. The van der Waals surface area contributed by atoms with Crippen LogP contribution in [-0.2, 0) is 18.9 Å². The first-order chi connectivity index (χ1) is 18.6. The molecule has 2 aromatic rings. The van der Waals surface area contributed by atoms with Crippen molar-refractivity contribution in [1.29, 1.82) is 0 Å². The van der Waals surface area contributed by atoms with Gasteiger partial charge in [0.25, 0.3) is 11.6 Å². The summed E-state index contributed by atoms with van der Waals surface area (Å²) in [5.74, 6) is -0.102. The maximum absolute atomic E-state index is 12.8. The van der Waals surface area contributed by atoms with E-state index < -0.39 is 4.92 Å². The highest BCUT2D eigenvalue weighted by Gasteiger charge is 2.23. The third-order valence-electron chi connectivity index (χ3n) is 6.60. The Labute approximate surface area is 222 Å². The van der Waals surface area contributed by atoms with Crippen LogP contribution in [0.15, 0.2) is 48.5 Å². The van der Waals surface area contributed by atoms with Crippen LogP contribution >= 0.6 is 0 Å². The van der Waals surface area contributed by atoms with E-state index in [-0.39, 0.29) is 11.6 Å². The fraction of sp³-hybridized carbons (Fsp3) is 0.519. The Morgan fingerprint density at radius 1 is 0.605 bits per heavy atom. The topological polar surface area (TPSA) is 107 Å². The largest absolute Gasteiger partial charge is 0.377 e. The third kappa shape index (κ3) is 8.12. The molecule has 0 bridgehead atoms. The van der Waals surface area contributed by atoms with Crippen LogP contribution in [0.25, 0.3) is 0 Å². The molecule has 11 nitrogen and oxygen atoms in total. The van der Waals surface area contributed by atoms with Crippen LogP contribution < -0.4 is 9.80 Å². The highest BCUT2D eigenvalue weighted by atomic mass is 16.6. The lowest BCUT2D eigenvalue weighted by atomic mass is 10.1. The summed E-state index contributed by atoms with van der Waals surface area (Å²) in [6, 6.07) is 14.2. The number of nitro benzene ring substituents is 1. The Kier molecular flexibility index (Phi) is 10.7. The van der Waals surface area contributed by atoms with Crippen LogP contribution in [0.4, 0.5) is 17.1 Å². The molecule has 11 heteroatoms. The van der Waals surface area contributed by atoms with Crippen LogP contribution in [0.3, 0.4) is 0 Å². The molecule has 0 radical (unpaired) electrons. The molecule has 0 atom stereocenters. The lowest BCUT2D eigenvalue weighted by Crippen LogP contribution is -2.48. The molecular formula is C27H36N4O7. The highest BCUT2D eigenvalue weighted by molar-refractivity contribution is 5.94. The Morgan fingerprint density at radius 3 is 1.47 bits per heavy atom. The molecule has 0 N–H and O–H groups in total. The van der Waals surface area contributed by atoms with Crippen molar-refractivity contribution >= 4 is 23.0 Å². The summed E-state index contributed by atoms with van der Waals surface area (Å²) < 4.78 is 22.5. The van der Waals surface area contributed by atoms with Crippen molar-refractivity contribution < 1.29 is 28.7 Å². The van der Waals surface area contributed by atoms with E-state index in [1.165, 1.54) is 24.3 Å². The summed E-state index contributed by atoms with van der Waals surface area (Å²) in [5.41, 5.74) is 2.66. The molecule has 38 heavy (non-hydrogen) atoms. The lowest BCUT2D eigenvalue weighted by Gasteiger charge is -2.36. The van der Waals surface area contributed by atoms with Crippen LogP contribution in [0.1, 0.15) is 10.4 Å². The number of ether oxygens (including phenoxy) is 4. The second-order valence-electron chi connectivity index (χ2n) is 9.04. The number of carbonyl (C=O) groups is 1. The Morgan fingerprint density at radius 2 is 1.03 bits per heavy atom. The zero-order valence-electron chi connectivity index (χ0n) is 21.7. The maximum Gasteiger partial charge on any atom is 0.269 e. The molecule has 0 spiro atoms. The van der Waals surface area contributed by atoms with Gasteiger partial charge in [0, 0.05) is 68.3 Å². The standard InChI is InChI=1S/C27H36N4O7/c32-27(23-1-3-26(4-2-23)31(33)34)30-11-9-28(10-12-30)24-5-7-25(8-6-24)29-13-15-35-17-19-37-21-22-38-20-18-36-16-14-29/h1-8H,9-22H2. The average Bonchev–Trinajstić information content (AvgIpc) is 2.97. The van der Waals surface area contributed by atoms with Crippen LogP contribution in [0.2, 0.25) is 0 Å². The predicted molar refractivity (Wildman–Crippen MR) is 143 cm³/mol. The van der Waals surface area contributed by atoms with Gasteiger partial charge in [-0.25, -0.2) is 0 Å². The molecule has 1 amide bonds. The number of hydrogen-bond acceptors (Lipinski definition) is 9. The molecule has 2 fully saturated rings. The van der Waals surface area contributed by atoms with Crippen LogP contribution in [-0.4, -0.2) is 108 Å². The molecule has 0 aromatic heterocycles. The molecule has 206 valence electrons. The number of non-ortho nitro benzene ring substituents is 1. The Bertz CT molecular complexity index is 995. The summed E-state index contributed by atoms with van der Waals surface area (Å²) in [4.78, 5) is 29.5. The summed E-state index contributed by atoms with van der Waals surface area (Å²) in [6.45, 7) is 8.68. The van der Waals surface area contributed by atoms with Crippen molar-refractivity contribution in [2.45, 2.75) is 0 Å². The van der Waals surface area contributed by atoms with Crippen molar-refractivity contribution in [3.63, 3.8) is 0 Å². The van der Waals surface area contributed by atoms with E-state index in [9.17, 15) is 14.9 Å². The SMILES string of the molecule is O=C(c1ccc([N+](=O)[O-])cc1)N1CCN(c2ccc(N3CCOCCOCCOCCOCC3)cc2)CC1. The van der Waals surface area contributed by atoms with Gasteiger partial charge in [-0.2, -0.15) is 0 Å². The third-order valence-corrected chi connectivity index (χ3v) is 6.60. The van der Waals surface area contributed by atoms with Crippen LogP contribution in [0, 0.1) is 10.1 Å². The number of piperazine rings is 1. The minimum atomic E-state index is -0.465. The minimum Gasteiger partial charge on any atom is -0.377 e. The number of rotatable bonds is 4. The molecule has 4 rings (SSSR count). The number of nitrogens with zero attached hydrogens (tertiary/aromatic N) is 4. The van der Waals surface area contributed by atoms with E-state index >= 15 is 0 Å². The number of carbonyl (C=O) groups excluding carboxylic acids is 1. The number of hydrogen-bond donors (Lipinski definition) is 0. The van der Waals surface area contributed by atoms with E-state index in [4.69, 9.17) is 18.9 Å². The van der Waals surface area contributed by atoms with E-state index in [1.54, 1.807) is 4.90 Å². The fourth-order valence-electron chi connectivity index (χ4n) is 4.43. The van der Waals surface area contributed by atoms with Gasteiger partial charge in [0.1, 0.15) is 0 Å². The predicted octanol–water partition coefficient (Wildman–Crippen LogP) is 2.44. The second-order valence-corrected chi connectivity index (χ2v) is 9.04. The zero-order valence-corrected chi connectivity index (χ0v) is 21.7. The first-order valence-corrected chi connectivity index (χ1v) is 13.1. The van der Waals surface area contributed by atoms with Gasteiger partial charge >= 0.3 is 0 Å². The number of amides is 1.